The number of phenolic OH excluding ortho intramolecular Hbond substituents is 2. The van der Waals surface area contributed by atoms with Crippen LogP contribution in [0.15, 0.2) is 47.3 Å². The first-order valence-electron chi connectivity index (χ1n) is 6.53. The van der Waals surface area contributed by atoms with E-state index < -0.39 is 0 Å². The molecule has 0 atom stereocenters. The van der Waals surface area contributed by atoms with Gasteiger partial charge in [-0.05, 0) is 24.6 Å². The predicted octanol–water partition coefficient (Wildman–Crippen LogP) is 7.36. The number of hydrogen-bond donors (Lipinski definition) is 2. The Bertz CT molecular complexity index is 763. The van der Waals surface area contributed by atoms with E-state index in [4.69, 9.17) is 0 Å². The lowest BCUT2D eigenvalue weighted by Gasteiger charge is -2.17. The molecule has 24 heavy (non-hydrogen) atoms. The topological polar surface area (TPSA) is 40.5 Å². The maximum absolute atomic E-state index is 10.1. The van der Waals surface area contributed by atoms with E-state index in [0.717, 1.165) is 9.79 Å². The summed E-state index contributed by atoms with van der Waals surface area (Å²) in [6, 6.07) is 3.11. The van der Waals surface area contributed by atoms with Crippen molar-refractivity contribution in [3.05, 3.63) is 37.6 Å². The molecule has 0 spiro atoms. The Kier molecular flexibility index (Phi) is 5.66. The molecule has 0 fully saturated rings. The van der Waals surface area contributed by atoms with E-state index in [-0.39, 0.29) is 11.5 Å². The van der Waals surface area contributed by atoms with Gasteiger partial charge >= 0.3 is 0 Å². The smallest absolute Gasteiger partial charge is 0.130 e. The zero-order chi connectivity index (χ0) is 16.8. The highest BCUT2D eigenvalue weighted by Gasteiger charge is 2.34. The van der Waals surface area contributed by atoms with Crippen molar-refractivity contribution < 1.29 is 10.2 Å². The van der Waals surface area contributed by atoms with Gasteiger partial charge in [-0.15, -0.1) is 23.5 Å². The molecular formula is C14H10O2S8. The summed E-state index contributed by atoms with van der Waals surface area (Å²) in [6.07, 6.45) is 4.25. The lowest BCUT2D eigenvalue weighted by Crippen LogP contribution is -1.87. The molecular weight excluding hydrogens is 457 g/mol. The average Bonchev–Trinajstić information content (AvgIpc) is 3.19. The fourth-order valence-electron chi connectivity index (χ4n) is 2.01. The molecule has 3 aliphatic heterocycles. The first kappa shape index (κ1) is 18.2. The molecule has 2 N–H and O–H groups in total. The average molecular weight is 467 g/mol. The van der Waals surface area contributed by atoms with Gasteiger partial charge in [0, 0.05) is 0 Å². The molecule has 0 unspecified atom stereocenters. The fraction of sp³-hybridized carbons (Fsp3) is 0.143. The maximum Gasteiger partial charge on any atom is 0.130 e. The van der Waals surface area contributed by atoms with E-state index in [2.05, 4.69) is 12.5 Å². The van der Waals surface area contributed by atoms with Crippen LogP contribution >= 0.6 is 94.1 Å². The van der Waals surface area contributed by atoms with Crippen molar-refractivity contribution in [2.45, 2.75) is 9.79 Å². The second kappa shape index (κ2) is 7.46. The third-order valence-electron chi connectivity index (χ3n) is 3.07. The van der Waals surface area contributed by atoms with E-state index in [9.17, 15) is 10.2 Å². The summed E-state index contributed by atoms with van der Waals surface area (Å²) in [4.78, 5) is 1.52. The summed E-state index contributed by atoms with van der Waals surface area (Å²) in [6.45, 7) is 0. The van der Waals surface area contributed by atoms with Gasteiger partial charge in [-0.1, -0.05) is 70.6 Å². The van der Waals surface area contributed by atoms with Gasteiger partial charge < -0.3 is 10.2 Å². The summed E-state index contributed by atoms with van der Waals surface area (Å²) in [5.74, 6) is 0.471. The number of phenols is 2. The summed E-state index contributed by atoms with van der Waals surface area (Å²) >= 11 is 14.0. The van der Waals surface area contributed by atoms with Crippen LogP contribution in [-0.2, 0) is 0 Å². The first-order valence-corrected chi connectivity index (χ1v) is 13.9. The van der Waals surface area contributed by atoms with Crippen molar-refractivity contribution in [2.75, 3.05) is 12.5 Å². The number of rotatable bonds is 2. The Hall–Kier alpha value is 0.840. The molecule has 2 nitrogen and oxygen atoms in total. The standard InChI is InChI=1S/C14H10O2S8/c1-17-9-10(18-2)22-13(21-9)14-23-11-12(24-14)20-8-6(16)4-3-5(15)7(8)19-11/h3-4,15-16H,1-2H3. The van der Waals surface area contributed by atoms with Crippen LogP contribution in [0.1, 0.15) is 0 Å². The first-order chi connectivity index (χ1) is 11.6. The zero-order valence-electron chi connectivity index (χ0n) is 12.3. The van der Waals surface area contributed by atoms with Gasteiger partial charge in [0.2, 0.25) is 0 Å². The zero-order valence-corrected chi connectivity index (χ0v) is 18.8. The molecule has 0 aliphatic carbocycles. The van der Waals surface area contributed by atoms with Crippen LogP contribution in [0.2, 0.25) is 0 Å². The van der Waals surface area contributed by atoms with Crippen LogP contribution in [0.4, 0.5) is 0 Å². The minimum Gasteiger partial charge on any atom is -0.507 e. The Morgan fingerprint density at radius 2 is 1.00 bits per heavy atom. The molecule has 4 rings (SSSR count). The second-order valence-corrected chi connectivity index (χ2v) is 13.8. The largest absolute Gasteiger partial charge is 0.507 e. The molecule has 10 heteroatoms. The van der Waals surface area contributed by atoms with Crippen molar-refractivity contribution in [3.8, 4) is 11.5 Å². The van der Waals surface area contributed by atoms with Crippen LogP contribution in [0, 0.1) is 0 Å². The maximum atomic E-state index is 10.1. The van der Waals surface area contributed by atoms with Crippen molar-refractivity contribution >= 4 is 94.1 Å². The fourth-order valence-corrected chi connectivity index (χ4v) is 13.2. The summed E-state index contributed by atoms with van der Waals surface area (Å²) < 4.78 is 7.79. The normalized spacial score (nSPS) is 20.1. The van der Waals surface area contributed by atoms with Crippen molar-refractivity contribution in [2.24, 2.45) is 0 Å². The number of aromatic hydroxyl groups is 2. The van der Waals surface area contributed by atoms with Gasteiger partial charge in [0.1, 0.15) is 11.5 Å². The second-order valence-electron chi connectivity index (χ2n) is 4.51. The number of benzene rings is 1. The molecule has 0 amide bonds. The van der Waals surface area contributed by atoms with E-state index in [1.807, 2.05) is 23.5 Å². The molecule has 126 valence electrons. The summed E-state index contributed by atoms with van der Waals surface area (Å²) in [5, 5.41) is 20.2. The van der Waals surface area contributed by atoms with Crippen LogP contribution in [0.25, 0.3) is 0 Å². The predicted molar refractivity (Wildman–Crippen MR) is 120 cm³/mol. The highest BCUT2D eigenvalue weighted by molar-refractivity contribution is 8.45. The Morgan fingerprint density at radius 1 is 0.625 bits per heavy atom. The Labute approximate surface area is 174 Å². The van der Waals surface area contributed by atoms with Crippen molar-refractivity contribution in [1.82, 2.24) is 0 Å². The van der Waals surface area contributed by atoms with Gasteiger partial charge in [0.15, 0.2) is 0 Å². The van der Waals surface area contributed by atoms with Crippen LogP contribution in [0.5, 0.6) is 11.5 Å². The Morgan fingerprint density at radius 3 is 1.42 bits per heavy atom. The molecule has 0 aromatic heterocycles. The van der Waals surface area contributed by atoms with E-state index >= 15 is 0 Å². The van der Waals surface area contributed by atoms with Gasteiger partial charge in [-0.2, -0.15) is 0 Å². The van der Waals surface area contributed by atoms with Crippen LogP contribution in [0.3, 0.4) is 0 Å². The van der Waals surface area contributed by atoms with Gasteiger partial charge in [0.05, 0.1) is 35.2 Å². The van der Waals surface area contributed by atoms with Crippen molar-refractivity contribution in [1.29, 1.82) is 0 Å². The molecule has 3 heterocycles. The third kappa shape index (κ3) is 3.26. The number of thioether (sulfide) groups is 8. The highest BCUT2D eigenvalue weighted by atomic mass is 32.3. The molecule has 0 bridgehead atoms. The highest BCUT2D eigenvalue weighted by Crippen LogP contribution is 2.70. The van der Waals surface area contributed by atoms with Gasteiger partial charge in [-0.25, -0.2) is 0 Å². The molecule has 0 saturated carbocycles. The monoisotopic (exact) mass is 466 g/mol. The molecule has 1 aromatic rings. The quantitative estimate of drug-likeness (QED) is 0.432. The van der Waals surface area contributed by atoms with E-state index in [1.54, 1.807) is 82.7 Å². The van der Waals surface area contributed by atoms with Gasteiger partial charge in [-0.3, -0.25) is 0 Å². The van der Waals surface area contributed by atoms with Crippen molar-refractivity contribution in [3.63, 3.8) is 0 Å². The summed E-state index contributed by atoms with van der Waals surface area (Å²) in [7, 11) is 0. The van der Waals surface area contributed by atoms with Crippen LogP contribution < -0.4 is 0 Å². The van der Waals surface area contributed by atoms with Gasteiger partial charge in [0.25, 0.3) is 0 Å². The molecule has 3 aliphatic rings. The Balaban J connectivity index is 1.59. The van der Waals surface area contributed by atoms with Crippen LogP contribution in [-0.4, -0.2) is 22.7 Å². The minimum absolute atomic E-state index is 0.235. The lowest BCUT2D eigenvalue weighted by molar-refractivity contribution is 0.435. The molecule has 0 saturated heterocycles. The summed E-state index contributed by atoms with van der Waals surface area (Å²) in [5.41, 5.74) is 0. The molecule has 1 aromatic carbocycles. The number of fused-ring (bicyclic) bond motifs is 1. The lowest BCUT2D eigenvalue weighted by atomic mass is 10.3. The SMILES string of the molecule is CSC1=C(SC)SC(=C2SC3=C(S2)Sc2c(O)ccc(O)c2S3)S1. The van der Waals surface area contributed by atoms with E-state index in [0.29, 0.717) is 0 Å². The van der Waals surface area contributed by atoms with E-state index in [1.165, 1.54) is 25.4 Å². The molecule has 0 radical (unpaired) electrons. The minimum atomic E-state index is 0.235. The number of hydrogen-bond acceptors (Lipinski definition) is 10. The third-order valence-corrected chi connectivity index (χ3v) is 14.5.